The summed E-state index contributed by atoms with van der Waals surface area (Å²) in [5, 5.41) is 11.9. The van der Waals surface area contributed by atoms with E-state index in [0.717, 1.165) is 106 Å². The molecule has 0 fully saturated rings. The van der Waals surface area contributed by atoms with E-state index in [1.165, 1.54) is 138 Å². The van der Waals surface area contributed by atoms with Gasteiger partial charge in [-0.05, 0) is 150 Å². The van der Waals surface area contributed by atoms with Gasteiger partial charge in [0, 0.05) is 24.4 Å². The van der Waals surface area contributed by atoms with E-state index in [1.54, 1.807) is 45.3 Å². The molecule has 3 amide bonds. The summed E-state index contributed by atoms with van der Waals surface area (Å²) in [6.07, 6.45) is 33.3. The minimum absolute atomic E-state index is 0.0400. The monoisotopic (exact) mass is 1160 g/mol. The number of thiophene rings is 4. The molecule has 0 bridgehead atoms. The quantitative estimate of drug-likeness (QED) is 0.0460. The van der Waals surface area contributed by atoms with Crippen LogP contribution in [0.2, 0.25) is 0 Å². The van der Waals surface area contributed by atoms with Gasteiger partial charge in [-0.2, -0.15) is 0 Å². The van der Waals surface area contributed by atoms with Crippen molar-refractivity contribution in [2.45, 2.75) is 242 Å². The number of nitrogens with one attached hydrogen (secondary N) is 1. The second-order valence-electron chi connectivity index (χ2n) is 23.3. The summed E-state index contributed by atoms with van der Waals surface area (Å²) in [6.45, 7) is 19.3. The summed E-state index contributed by atoms with van der Waals surface area (Å²) in [5.74, 6) is 0.867. The molecule has 4 aromatic rings. The fourth-order valence-electron chi connectivity index (χ4n) is 12.0. The summed E-state index contributed by atoms with van der Waals surface area (Å²) in [7, 11) is 0. The molecular formula is C69H97N3O4S4. The summed E-state index contributed by atoms with van der Waals surface area (Å²) < 4.78 is 0. The number of rotatable bonds is 36. The predicted molar refractivity (Wildman–Crippen MR) is 344 cm³/mol. The molecule has 7 nitrogen and oxygen atoms in total. The molecule has 80 heavy (non-hydrogen) atoms. The summed E-state index contributed by atoms with van der Waals surface area (Å²) in [4.78, 5) is 63.9. The molecule has 11 heteroatoms. The number of hydrogen-bond acceptors (Lipinski definition) is 8. The standard InChI is InChI=1S/C42H64N2O2S2.C27H33NO2S2/c1-7-13-17-19-23-33-25-35(47-29-33)39-37-38(42(46)43(39)27-31(11-5)21-15-9-3)40(36-26-34(30-48-36)24-20-18-14-8-2)44(41(37)45)28-32(12-6)22-16-10-4;1-3-5-7-9-11-18-13-22(31-16-18)20-15-21(29)25-24(20)27(30)28-26(25)23-14-19(17-32-23)12-10-8-6-4-2/h25-26,29-32H,7-24,27-28H2,1-6H3;13-14,16-17H,3-12,15H2,1-2H3,(H,28,30). The highest BCUT2D eigenvalue weighted by Gasteiger charge is 2.50. The lowest BCUT2D eigenvalue weighted by Crippen LogP contribution is -2.34. The molecule has 3 aliphatic heterocycles. The van der Waals surface area contributed by atoms with Crippen molar-refractivity contribution in [1.29, 1.82) is 0 Å². The Balaban J connectivity index is 0.000000250. The average Bonchev–Trinajstić information content (AvgIpc) is 4.54. The third-order valence-electron chi connectivity index (χ3n) is 16.9. The first-order valence-corrected chi connectivity index (χ1v) is 35.3. The molecule has 1 N–H and O–H groups in total. The summed E-state index contributed by atoms with van der Waals surface area (Å²) >= 11 is 6.75. The number of nitrogens with zero attached hydrogens (tertiary/aromatic N) is 2. The van der Waals surface area contributed by atoms with Crippen molar-refractivity contribution in [2.24, 2.45) is 11.8 Å². The van der Waals surface area contributed by atoms with Gasteiger partial charge in [0.25, 0.3) is 17.7 Å². The normalized spacial score (nSPS) is 16.1. The summed E-state index contributed by atoms with van der Waals surface area (Å²) in [6, 6.07) is 8.94. The van der Waals surface area contributed by atoms with Crippen molar-refractivity contribution in [2.75, 3.05) is 13.1 Å². The highest BCUT2D eigenvalue weighted by molar-refractivity contribution is 7.12. The number of carbonyl (C=O) groups excluding carboxylic acids is 4. The van der Waals surface area contributed by atoms with Crippen LogP contribution in [0.5, 0.6) is 0 Å². The second-order valence-corrected chi connectivity index (χ2v) is 26.9. The molecule has 1 aliphatic carbocycles. The highest BCUT2D eigenvalue weighted by atomic mass is 32.1. The molecule has 0 spiro atoms. The molecule has 2 unspecified atom stereocenters. The molecule has 4 aromatic heterocycles. The average molecular weight is 1160 g/mol. The van der Waals surface area contributed by atoms with Gasteiger partial charge in [0.05, 0.1) is 54.0 Å². The molecule has 0 radical (unpaired) electrons. The number of hydrogen-bond donors (Lipinski definition) is 1. The zero-order chi connectivity index (χ0) is 57.0. The summed E-state index contributed by atoms with van der Waals surface area (Å²) in [5.41, 5.74) is 11.3. The van der Waals surface area contributed by atoms with E-state index in [0.29, 0.717) is 53.6 Å². The number of Topliss-reactive ketones (excluding diaryl/α,β-unsaturated/α-hetero) is 1. The highest BCUT2D eigenvalue weighted by Crippen LogP contribution is 2.50. The van der Waals surface area contributed by atoms with Gasteiger partial charge in [-0.25, -0.2) is 0 Å². The van der Waals surface area contributed by atoms with Crippen molar-refractivity contribution in [3.63, 3.8) is 0 Å². The van der Waals surface area contributed by atoms with Crippen LogP contribution in [0.1, 0.15) is 258 Å². The number of amides is 3. The van der Waals surface area contributed by atoms with Gasteiger partial charge in [-0.3, -0.25) is 19.2 Å². The van der Waals surface area contributed by atoms with Gasteiger partial charge >= 0.3 is 0 Å². The van der Waals surface area contributed by atoms with Crippen molar-refractivity contribution < 1.29 is 19.2 Å². The van der Waals surface area contributed by atoms with Crippen molar-refractivity contribution in [3.8, 4) is 0 Å². The smallest absolute Gasteiger partial charge is 0.261 e. The lowest BCUT2D eigenvalue weighted by molar-refractivity contribution is -0.124. The van der Waals surface area contributed by atoms with Gasteiger partial charge in [0.2, 0.25) is 0 Å². The van der Waals surface area contributed by atoms with E-state index in [9.17, 15) is 19.2 Å². The Morgan fingerprint density at radius 1 is 0.425 bits per heavy atom. The van der Waals surface area contributed by atoms with Crippen LogP contribution in [-0.4, -0.2) is 46.4 Å². The first kappa shape index (κ1) is 63.4. The molecule has 2 atom stereocenters. The number of unbranched alkanes of at least 4 members (excludes halogenated alkanes) is 14. The molecule has 8 rings (SSSR count). The Labute approximate surface area is 498 Å². The lowest BCUT2D eigenvalue weighted by atomic mass is 9.98. The maximum Gasteiger partial charge on any atom is 0.261 e. The van der Waals surface area contributed by atoms with Crippen molar-refractivity contribution >= 4 is 91.5 Å². The van der Waals surface area contributed by atoms with E-state index < -0.39 is 0 Å². The van der Waals surface area contributed by atoms with Gasteiger partial charge in [-0.1, -0.05) is 171 Å². The Bertz CT molecular complexity index is 2620. The third kappa shape index (κ3) is 16.1. The number of fused-ring (bicyclic) bond motifs is 2. The molecule has 0 saturated carbocycles. The van der Waals surface area contributed by atoms with E-state index in [-0.39, 0.29) is 23.5 Å². The van der Waals surface area contributed by atoms with Crippen LogP contribution < -0.4 is 5.32 Å². The maximum absolute atomic E-state index is 14.9. The minimum atomic E-state index is -0.119. The van der Waals surface area contributed by atoms with E-state index >= 15 is 0 Å². The fourth-order valence-corrected chi connectivity index (χ4v) is 15.9. The van der Waals surface area contributed by atoms with Gasteiger partial charge in [-0.15, -0.1) is 45.3 Å². The molecule has 436 valence electrons. The van der Waals surface area contributed by atoms with Gasteiger partial charge in [0.15, 0.2) is 5.78 Å². The van der Waals surface area contributed by atoms with Crippen LogP contribution in [0.25, 0.3) is 22.7 Å². The van der Waals surface area contributed by atoms with Crippen LogP contribution in [0.4, 0.5) is 0 Å². The number of carbonyl (C=O) groups is 4. The van der Waals surface area contributed by atoms with Crippen LogP contribution in [0, 0.1) is 11.8 Å². The zero-order valence-corrected chi connectivity index (χ0v) is 53.6. The number of allylic oxidation sites excluding steroid dienone is 1. The molecular weight excluding hydrogens is 1060 g/mol. The first-order chi connectivity index (χ1) is 39.0. The van der Waals surface area contributed by atoms with E-state index in [4.69, 9.17) is 0 Å². The molecule has 7 heterocycles. The number of ketones is 1. The van der Waals surface area contributed by atoms with E-state index in [1.807, 2.05) is 9.80 Å². The topological polar surface area (TPSA) is 86.8 Å². The molecule has 0 aromatic carbocycles. The molecule has 4 aliphatic rings. The SMILES string of the molecule is CCCCCCc1csc(C2=C3C(=O)N(CC(CC)CCCC)C(c4cc(CCCCCC)cs4)=C3C(=O)N2CC(CC)CCCC)c1.CCCCCCc1csc(C2=C3C(=O)NC(c4cc(CCCCCC)cs4)=C3C(=O)C2)c1. The second kappa shape index (κ2) is 32.6. The Morgan fingerprint density at radius 2 is 0.787 bits per heavy atom. The van der Waals surface area contributed by atoms with E-state index in [2.05, 4.69) is 106 Å². The van der Waals surface area contributed by atoms with Gasteiger partial charge in [0.1, 0.15) is 0 Å². The Morgan fingerprint density at radius 3 is 1.18 bits per heavy atom. The Hall–Kier alpha value is -4.16. The molecule has 0 saturated heterocycles. The van der Waals surface area contributed by atoms with Crippen LogP contribution >= 0.6 is 45.3 Å². The van der Waals surface area contributed by atoms with Crippen molar-refractivity contribution in [1.82, 2.24) is 15.1 Å². The third-order valence-corrected chi connectivity index (χ3v) is 20.9. The first-order valence-electron chi connectivity index (χ1n) is 31.8. The predicted octanol–water partition coefficient (Wildman–Crippen LogP) is 19.6. The Kier molecular flexibility index (Phi) is 25.9. The maximum atomic E-state index is 14.9. The minimum Gasteiger partial charge on any atom is -0.320 e. The lowest BCUT2D eigenvalue weighted by Gasteiger charge is -2.29. The van der Waals surface area contributed by atoms with Crippen LogP contribution in [0.15, 0.2) is 68.1 Å². The zero-order valence-electron chi connectivity index (χ0n) is 50.4. The van der Waals surface area contributed by atoms with Crippen LogP contribution in [-0.2, 0) is 44.9 Å². The fraction of sp³-hybridized carbons (Fsp3) is 0.594. The van der Waals surface area contributed by atoms with Gasteiger partial charge < -0.3 is 15.1 Å². The van der Waals surface area contributed by atoms with Crippen molar-refractivity contribution in [3.05, 3.63) is 110 Å². The largest absolute Gasteiger partial charge is 0.320 e. The number of aryl methyl sites for hydroxylation is 4. The van der Waals surface area contributed by atoms with Crippen LogP contribution in [0.3, 0.4) is 0 Å².